The normalized spacial score (nSPS) is 10.1. The van der Waals surface area contributed by atoms with Crippen LogP contribution in [0.1, 0.15) is 17.3 Å². The first kappa shape index (κ1) is 13.8. The molecule has 0 saturated carbocycles. The number of nitrogens with one attached hydrogen (secondary N) is 2. The predicted molar refractivity (Wildman–Crippen MR) is 68.9 cm³/mol. The molecule has 1 aromatic rings. The van der Waals surface area contributed by atoms with Crippen molar-refractivity contribution in [1.29, 1.82) is 0 Å². The van der Waals surface area contributed by atoms with Gasteiger partial charge < -0.3 is 15.4 Å². The minimum absolute atomic E-state index is 0.178. The molecule has 2 N–H and O–H groups in total. The van der Waals surface area contributed by atoms with E-state index < -0.39 is 0 Å². The Balaban J connectivity index is 2.64. The van der Waals surface area contributed by atoms with Crippen molar-refractivity contribution in [2.75, 3.05) is 26.7 Å². The molecule has 0 radical (unpaired) electrons. The number of ether oxygens (including phenoxy) is 1. The Morgan fingerprint density at radius 2 is 2.18 bits per heavy atom. The molecule has 0 spiro atoms. The van der Waals surface area contributed by atoms with E-state index in [9.17, 15) is 4.79 Å². The highest BCUT2D eigenvalue weighted by Gasteiger charge is 2.11. The van der Waals surface area contributed by atoms with E-state index in [0.29, 0.717) is 22.9 Å². The van der Waals surface area contributed by atoms with Gasteiger partial charge in [-0.05, 0) is 24.7 Å². The lowest BCUT2D eigenvalue weighted by molar-refractivity contribution is 0.0951. The van der Waals surface area contributed by atoms with Gasteiger partial charge in [-0.2, -0.15) is 0 Å². The average Bonchev–Trinajstić information content (AvgIpc) is 2.34. The van der Waals surface area contributed by atoms with E-state index in [1.165, 1.54) is 7.11 Å². The molecule has 0 bridgehead atoms. The molecule has 0 aromatic heterocycles. The number of amides is 1. The van der Waals surface area contributed by atoms with Gasteiger partial charge in [-0.3, -0.25) is 4.79 Å². The molecule has 17 heavy (non-hydrogen) atoms. The number of halogens is 1. The van der Waals surface area contributed by atoms with E-state index in [2.05, 4.69) is 10.6 Å². The molecule has 0 heterocycles. The van der Waals surface area contributed by atoms with Gasteiger partial charge in [0.2, 0.25) is 0 Å². The maximum absolute atomic E-state index is 11.9. The fraction of sp³-hybridized carbons (Fsp3) is 0.417. The summed E-state index contributed by atoms with van der Waals surface area (Å²) in [7, 11) is 1.53. The third kappa shape index (κ3) is 4.24. The van der Waals surface area contributed by atoms with Gasteiger partial charge >= 0.3 is 0 Å². The smallest absolute Gasteiger partial charge is 0.255 e. The van der Waals surface area contributed by atoms with Crippen LogP contribution in [0, 0.1) is 0 Å². The van der Waals surface area contributed by atoms with Crippen molar-refractivity contribution in [2.45, 2.75) is 6.92 Å². The second-order valence-corrected chi connectivity index (χ2v) is 3.89. The van der Waals surface area contributed by atoms with Crippen molar-refractivity contribution >= 4 is 17.5 Å². The zero-order valence-corrected chi connectivity index (χ0v) is 10.8. The quantitative estimate of drug-likeness (QED) is 0.762. The van der Waals surface area contributed by atoms with Gasteiger partial charge in [0.1, 0.15) is 5.75 Å². The van der Waals surface area contributed by atoms with Crippen molar-refractivity contribution < 1.29 is 9.53 Å². The summed E-state index contributed by atoms with van der Waals surface area (Å²) in [4.78, 5) is 11.9. The number of carbonyl (C=O) groups is 1. The highest BCUT2D eigenvalue weighted by atomic mass is 35.5. The minimum Gasteiger partial charge on any atom is -0.496 e. The number of likely N-dealkylation sites (N-methyl/N-ethyl adjacent to an activating group) is 1. The van der Waals surface area contributed by atoms with Crippen molar-refractivity contribution in [3.8, 4) is 5.75 Å². The van der Waals surface area contributed by atoms with Crippen LogP contribution in [0.3, 0.4) is 0 Å². The van der Waals surface area contributed by atoms with Gasteiger partial charge in [0.25, 0.3) is 5.91 Å². The van der Waals surface area contributed by atoms with Crippen LogP contribution in [0.2, 0.25) is 5.02 Å². The molecular weight excluding hydrogens is 240 g/mol. The Morgan fingerprint density at radius 1 is 1.41 bits per heavy atom. The Morgan fingerprint density at radius 3 is 2.82 bits per heavy atom. The summed E-state index contributed by atoms with van der Waals surface area (Å²) >= 11 is 5.85. The molecule has 4 nitrogen and oxygen atoms in total. The van der Waals surface area contributed by atoms with E-state index in [0.717, 1.165) is 13.1 Å². The lowest BCUT2D eigenvalue weighted by Gasteiger charge is -2.09. The van der Waals surface area contributed by atoms with E-state index >= 15 is 0 Å². The first-order valence-electron chi connectivity index (χ1n) is 5.51. The van der Waals surface area contributed by atoms with Crippen molar-refractivity contribution in [2.24, 2.45) is 0 Å². The number of hydrogen-bond donors (Lipinski definition) is 2. The van der Waals surface area contributed by atoms with Gasteiger partial charge in [0.05, 0.1) is 12.7 Å². The molecule has 0 saturated heterocycles. The highest BCUT2D eigenvalue weighted by molar-refractivity contribution is 6.31. The monoisotopic (exact) mass is 256 g/mol. The maximum Gasteiger partial charge on any atom is 0.255 e. The van der Waals surface area contributed by atoms with E-state index in [-0.39, 0.29) is 5.91 Å². The number of methoxy groups -OCH3 is 1. The first-order chi connectivity index (χ1) is 8.19. The fourth-order valence-electron chi connectivity index (χ4n) is 1.39. The third-order valence-electron chi connectivity index (χ3n) is 2.24. The first-order valence-corrected chi connectivity index (χ1v) is 5.89. The van der Waals surface area contributed by atoms with Gasteiger partial charge in [0, 0.05) is 18.1 Å². The topological polar surface area (TPSA) is 50.4 Å². The molecule has 0 unspecified atom stereocenters. The molecule has 0 aliphatic heterocycles. The van der Waals surface area contributed by atoms with Crippen LogP contribution in [-0.2, 0) is 0 Å². The minimum atomic E-state index is -0.178. The summed E-state index contributed by atoms with van der Waals surface area (Å²) in [6.45, 7) is 4.21. The highest BCUT2D eigenvalue weighted by Crippen LogP contribution is 2.22. The van der Waals surface area contributed by atoms with Crippen LogP contribution in [-0.4, -0.2) is 32.7 Å². The predicted octanol–water partition coefficient (Wildman–Crippen LogP) is 1.69. The fourth-order valence-corrected chi connectivity index (χ4v) is 1.57. The van der Waals surface area contributed by atoms with Gasteiger partial charge in [0.15, 0.2) is 0 Å². The second-order valence-electron chi connectivity index (χ2n) is 3.45. The molecule has 1 amide bonds. The van der Waals surface area contributed by atoms with Crippen molar-refractivity contribution in [3.05, 3.63) is 28.8 Å². The Hall–Kier alpha value is -1.26. The zero-order valence-electron chi connectivity index (χ0n) is 10.0. The Bertz CT molecular complexity index is 383. The molecule has 0 aliphatic carbocycles. The summed E-state index contributed by atoms with van der Waals surface area (Å²) in [6.07, 6.45) is 0. The molecule has 0 aliphatic rings. The molecule has 5 heteroatoms. The van der Waals surface area contributed by atoms with Gasteiger partial charge in [-0.15, -0.1) is 0 Å². The average molecular weight is 257 g/mol. The molecule has 1 aromatic carbocycles. The van der Waals surface area contributed by atoms with E-state index in [4.69, 9.17) is 16.3 Å². The number of benzene rings is 1. The molecule has 0 fully saturated rings. The number of rotatable bonds is 6. The summed E-state index contributed by atoms with van der Waals surface area (Å²) in [5.41, 5.74) is 0.455. The van der Waals surface area contributed by atoms with Crippen LogP contribution in [0.4, 0.5) is 0 Å². The second kappa shape index (κ2) is 7.14. The summed E-state index contributed by atoms with van der Waals surface area (Å²) in [6, 6.07) is 4.97. The lowest BCUT2D eigenvalue weighted by Crippen LogP contribution is -2.31. The maximum atomic E-state index is 11.9. The van der Waals surface area contributed by atoms with E-state index in [1.54, 1.807) is 18.2 Å². The molecule has 94 valence electrons. The number of hydrogen-bond acceptors (Lipinski definition) is 3. The third-order valence-corrected chi connectivity index (χ3v) is 2.48. The standard InChI is InChI=1S/C12H17ClN2O2/c1-3-14-6-7-15-12(16)10-8-9(13)4-5-11(10)17-2/h4-5,8,14H,3,6-7H2,1-2H3,(H,15,16). The van der Waals surface area contributed by atoms with E-state index in [1.807, 2.05) is 6.92 Å². The van der Waals surface area contributed by atoms with Gasteiger partial charge in [-0.25, -0.2) is 0 Å². The van der Waals surface area contributed by atoms with Crippen LogP contribution in [0.5, 0.6) is 5.75 Å². The Labute approximate surface area is 106 Å². The summed E-state index contributed by atoms with van der Waals surface area (Å²) in [5, 5.41) is 6.43. The van der Waals surface area contributed by atoms with Crippen molar-refractivity contribution in [3.63, 3.8) is 0 Å². The number of carbonyl (C=O) groups excluding carboxylic acids is 1. The summed E-state index contributed by atoms with van der Waals surface area (Å²) < 4.78 is 5.11. The van der Waals surface area contributed by atoms with Crippen LogP contribution >= 0.6 is 11.6 Å². The largest absolute Gasteiger partial charge is 0.496 e. The molecule has 1 rings (SSSR count). The molecule has 0 atom stereocenters. The van der Waals surface area contributed by atoms with Crippen molar-refractivity contribution in [1.82, 2.24) is 10.6 Å². The molecular formula is C12H17ClN2O2. The SMILES string of the molecule is CCNCCNC(=O)c1cc(Cl)ccc1OC. The van der Waals surface area contributed by atoms with Crippen LogP contribution in [0.15, 0.2) is 18.2 Å². The van der Waals surface area contributed by atoms with Crippen LogP contribution in [0.25, 0.3) is 0 Å². The van der Waals surface area contributed by atoms with Crippen LogP contribution < -0.4 is 15.4 Å². The summed E-state index contributed by atoms with van der Waals surface area (Å²) in [5.74, 6) is 0.345. The lowest BCUT2D eigenvalue weighted by atomic mass is 10.2. The zero-order chi connectivity index (χ0) is 12.7. The van der Waals surface area contributed by atoms with Gasteiger partial charge in [-0.1, -0.05) is 18.5 Å². The Kier molecular flexibility index (Phi) is 5.80.